The van der Waals surface area contributed by atoms with E-state index >= 15 is 0 Å². The first-order valence-electron chi connectivity index (χ1n) is 8.15. The Kier molecular flexibility index (Phi) is 5.30. The Morgan fingerprint density at radius 3 is 2.26 bits per heavy atom. The van der Waals surface area contributed by atoms with Crippen molar-refractivity contribution in [1.82, 2.24) is 4.98 Å². The molecule has 27 heavy (non-hydrogen) atoms. The minimum absolute atomic E-state index is 0.191. The van der Waals surface area contributed by atoms with Crippen LogP contribution in [0.5, 0.6) is 17.2 Å². The number of ketones is 1. The molecule has 0 unspecified atom stereocenters. The summed E-state index contributed by atoms with van der Waals surface area (Å²) in [6.07, 6.45) is 1.61. The molecule has 1 aromatic heterocycles. The fraction of sp³-hybridized carbons (Fsp3) is 0.200. The smallest absolute Gasteiger partial charge is 0.338 e. The first-order chi connectivity index (χ1) is 13.1. The lowest BCUT2D eigenvalue weighted by Gasteiger charge is -2.13. The highest BCUT2D eigenvalue weighted by atomic mass is 16.5. The predicted molar refractivity (Wildman–Crippen MR) is 99.0 cm³/mol. The number of nitrogens with one attached hydrogen (secondary N) is 1. The van der Waals surface area contributed by atoms with Crippen molar-refractivity contribution < 1.29 is 28.5 Å². The number of ether oxygens (including phenoxy) is 4. The number of carbonyl (C=O) groups is 2. The number of benzene rings is 2. The third-order valence-corrected chi connectivity index (χ3v) is 4.12. The molecule has 7 nitrogen and oxygen atoms in total. The van der Waals surface area contributed by atoms with E-state index in [-0.39, 0.29) is 18.0 Å². The first-order valence-corrected chi connectivity index (χ1v) is 8.15. The Morgan fingerprint density at radius 1 is 0.963 bits per heavy atom. The molecule has 0 fully saturated rings. The second-order valence-electron chi connectivity index (χ2n) is 5.66. The monoisotopic (exact) mass is 369 g/mol. The van der Waals surface area contributed by atoms with E-state index in [1.165, 1.54) is 33.5 Å². The van der Waals surface area contributed by atoms with Gasteiger partial charge < -0.3 is 23.9 Å². The van der Waals surface area contributed by atoms with Crippen molar-refractivity contribution in [3.63, 3.8) is 0 Å². The first kappa shape index (κ1) is 18.3. The molecule has 7 heteroatoms. The van der Waals surface area contributed by atoms with Crippen molar-refractivity contribution in [2.75, 3.05) is 27.9 Å². The molecular weight excluding hydrogens is 350 g/mol. The molecule has 0 saturated heterocycles. The Morgan fingerprint density at radius 2 is 1.63 bits per heavy atom. The number of methoxy groups -OCH3 is 3. The van der Waals surface area contributed by atoms with Crippen LogP contribution in [0.2, 0.25) is 0 Å². The highest BCUT2D eigenvalue weighted by Gasteiger charge is 2.19. The molecule has 0 atom stereocenters. The topological polar surface area (TPSA) is 86.9 Å². The minimum atomic E-state index is -0.664. The number of hydrogen-bond donors (Lipinski definition) is 1. The zero-order chi connectivity index (χ0) is 19.4. The molecule has 0 aliphatic rings. The van der Waals surface area contributed by atoms with E-state index in [1.54, 1.807) is 6.20 Å². The molecule has 0 aliphatic carbocycles. The van der Waals surface area contributed by atoms with Gasteiger partial charge >= 0.3 is 5.97 Å². The van der Waals surface area contributed by atoms with Gasteiger partial charge in [0.1, 0.15) is 0 Å². The van der Waals surface area contributed by atoms with E-state index in [4.69, 9.17) is 18.9 Å². The van der Waals surface area contributed by atoms with Crippen LogP contribution in [0.4, 0.5) is 0 Å². The van der Waals surface area contributed by atoms with Gasteiger partial charge in [-0.15, -0.1) is 0 Å². The highest BCUT2D eigenvalue weighted by molar-refractivity contribution is 6.09. The molecule has 2 aromatic carbocycles. The summed E-state index contributed by atoms with van der Waals surface area (Å²) in [4.78, 5) is 27.8. The predicted octanol–water partition coefficient (Wildman–Crippen LogP) is 3.23. The number of aromatic amines is 1. The molecule has 0 radical (unpaired) electrons. The molecule has 1 heterocycles. The number of rotatable bonds is 7. The minimum Gasteiger partial charge on any atom is -0.493 e. The maximum absolute atomic E-state index is 12.4. The van der Waals surface area contributed by atoms with Gasteiger partial charge in [0, 0.05) is 22.7 Å². The number of aromatic nitrogens is 1. The Balaban J connectivity index is 1.76. The second kappa shape index (κ2) is 7.82. The standard InChI is InChI=1S/C20H19NO6/c1-24-17-8-12(9-18(25-2)19(17)26-3)20(23)27-11-16(22)14-10-21-15-7-5-4-6-13(14)15/h4-10,21H,11H2,1-3H3. The fourth-order valence-electron chi connectivity index (χ4n) is 2.79. The van der Waals surface area contributed by atoms with E-state index < -0.39 is 5.97 Å². The van der Waals surface area contributed by atoms with E-state index in [0.717, 1.165) is 10.9 Å². The normalized spacial score (nSPS) is 10.5. The molecule has 0 saturated carbocycles. The highest BCUT2D eigenvalue weighted by Crippen LogP contribution is 2.38. The summed E-state index contributed by atoms with van der Waals surface area (Å²) in [7, 11) is 4.37. The van der Waals surface area contributed by atoms with E-state index in [9.17, 15) is 9.59 Å². The average molecular weight is 369 g/mol. The molecule has 3 aromatic rings. The van der Waals surface area contributed by atoms with Gasteiger partial charge in [-0.05, 0) is 18.2 Å². The molecule has 3 rings (SSSR count). The third kappa shape index (κ3) is 3.57. The largest absolute Gasteiger partial charge is 0.493 e. The maximum Gasteiger partial charge on any atom is 0.338 e. The summed E-state index contributed by atoms with van der Waals surface area (Å²) in [6, 6.07) is 10.4. The number of para-hydroxylation sites is 1. The number of fused-ring (bicyclic) bond motifs is 1. The van der Waals surface area contributed by atoms with Gasteiger partial charge in [-0.2, -0.15) is 0 Å². The molecule has 0 spiro atoms. The number of H-pyrrole nitrogens is 1. The lowest BCUT2D eigenvalue weighted by molar-refractivity contribution is 0.0474. The SMILES string of the molecule is COc1cc(C(=O)OCC(=O)c2c[nH]c3ccccc23)cc(OC)c1OC. The maximum atomic E-state index is 12.4. The van der Waals surface area contributed by atoms with Crippen LogP contribution in [-0.2, 0) is 4.74 Å². The third-order valence-electron chi connectivity index (χ3n) is 4.12. The van der Waals surface area contributed by atoms with Crippen molar-refractivity contribution >= 4 is 22.7 Å². The van der Waals surface area contributed by atoms with Crippen molar-refractivity contribution in [2.24, 2.45) is 0 Å². The van der Waals surface area contributed by atoms with Crippen LogP contribution >= 0.6 is 0 Å². The van der Waals surface area contributed by atoms with Gasteiger partial charge in [0.25, 0.3) is 0 Å². The summed E-state index contributed by atoms with van der Waals surface area (Å²) in [5.41, 5.74) is 1.51. The van der Waals surface area contributed by atoms with Gasteiger partial charge in [0.15, 0.2) is 18.1 Å². The molecule has 1 N–H and O–H groups in total. The van der Waals surface area contributed by atoms with Crippen molar-refractivity contribution in [2.45, 2.75) is 0 Å². The molecule has 0 amide bonds. The number of carbonyl (C=O) groups excluding carboxylic acids is 2. The van der Waals surface area contributed by atoms with E-state index in [0.29, 0.717) is 22.8 Å². The van der Waals surface area contributed by atoms with Gasteiger partial charge in [0.05, 0.1) is 26.9 Å². The molecule has 140 valence electrons. The lowest BCUT2D eigenvalue weighted by atomic mass is 10.1. The van der Waals surface area contributed by atoms with Gasteiger partial charge in [-0.3, -0.25) is 4.79 Å². The zero-order valence-electron chi connectivity index (χ0n) is 15.2. The zero-order valence-corrected chi connectivity index (χ0v) is 15.2. The van der Waals surface area contributed by atoms with Gasteiger partial charge in [0.2, 0.25) is 11.5 Å². The molecule has 0 bridgehead atoms. The summed E-state index contributed by atoms with van der Waals surface area (Å²) >= 11 is 0. The number of Topliss-reactive ketones (excluding diaryl/α,β-unsaturated/α-hetero) is 1. The number of hydrogen-bond acceptors (Lipinski definition) is 6. The Labute approximate surface area is 155 Å². The van der Waals surface area contributed by atoms with Gasteiger partial charge in [-0.25, -0.2) is 4.79 Å². The van der Waals surface area contributed by atoms with E-state index in [2.05, 4.69) is 4.98 Å². The van der Waals surface area contributed by atoms with Gasteiger partial charge in [-0.1, -0.05) is 18.2 Å². The van der Waals surface area contributed by atoms with Crippen molar-refractivity contribution in [3.05, 3.63) is 53.7 Å². The Bertz CT molecular complexity index is 966. The number of esters is 1. The van der Waals surface area contributed by atoms with Crippen molar-refractivity contribution in [1.29, 1.82) is 0 Å². The van der Waals surface area contributed by atoms with Crippen LogP contribution in [0.25, 0.3) is 10.9 Å². The van der Waals surface area contributed by atoms with Crippen LogP contribution in [-0.4, -0.2) is 44.7 Å². The van der Waals surface area contributed by atoms with E-state index in [1.807, 2.05) is 24.3 Å². The fourth-order valence-corrected chi connectivity index (χ4v) is 2.79. The van der Waals surface area contributed by atoms with Crippen molar-refractivity contribution in [3.8, 4) is 17.2 Å². The lowest BCUT2D eigenvalue weighted by Crippen LogP contribution is -2.14. The molecular formula is C20H19NO6. The second-order valence-corrected chi connectivity index (χ2v) is 5.66. The van der Waals surface area contributed by atoms with Crippen LogP contribution in [0, 0.1) is 0 Å². The van der Waals surface area contributed by atoms with Crippen LogP contribution in [0.1, 0.15) is 20.7 Å². The van der Waals surface area contributed by atoms with Crippen LogP contribution in [0.15, 0.2) is 42.6 Å². The van der Waals surface area contributed by atoms with Crippen LogP contribution < -0.4 is 14.2 Å². The van der Waals surface area contributed by atoms with Crippen LogP contribution in [0.3, 0.4) is 0 Å². The summed E-state index contributed by atoms with van der Waals surface area (Å²) in [5, 5.41) is 0.784. The summed E-state index contributed by atoms with van der Waals surface area (Å²) < 4.78 is 20.8. The Hall–Kier alpha value is -3.48. The summed E-state index contributed by atoms with van der Waals surface area (Å²) in [6.45, 7) is -0.378. The summed E-state index contributed by atoms with van der Waals surface area (Å²) in [5.74, 6) is 0.0561. The molecule has 0 aliphatic heterocycles. The average Bonchev–Trinajstić information content (AvgIpc) is 3.14. The quantitative estimate of drug-likeness (QED) is 0.508.